The van der Waals surface area contributed by atoms with Gasteiger partial charge >= 0.3 is 0 Å². The molecule has 11 nitrogen and oxygen atoms in total. The molecule has 6 rings (SSSR count). The fraction of sp³-hybridized carbons (Fsp3) is 0.182. The highest BCUT2D eigenvalue weighted by molar-refractivity contribution is 6.06. The molecule has 44 heavy (non-hydrogen) atoms. The second-order valence-corrected chi connectivity index (χ2v) is 10.2. The van der Waals surface area contributed by atoms with E-state index in [2.05, 4.69) is 20.3 Å². The molecule has 0 radical (unpaired) electrons. The van der Waals surface area contributed by atoms with Crippen LogP contribution in [0.2, 0.25) is 0 Å². The normalized spacial score (nSPS) is 11.2. The maximum Gasteiger partial charge on any atom is 0.255 e. The highest BCUT2D eigenvalue weighted by atomic mass is 16.5. The summed E-state index contributed by atoms with van der Waals surface area (Å²) in [6.45, 7) is 1.07. The number of nitrogens with zero attached hydrogens (tertiary/aromatic N) is 3. The number of amides is 1. The van der Waals surface area contributed by atoms with Gasteiger partial charge in [-0.1, -0.05) is 0 Å². The van der Waals surface area contributed by atoms with Crippen molar-refractivity contribution in [3.63, 3.8) is 0 Å². The highest BCUT2D eigenvalue weighted by Gasteiger charge is 2.13. The standard InChI is InChI=1S/C33H32N6O5/c40-15-13-39(14-16-41)25-7-1-21(2-8-25)31-36-28-12-6-24(20-30(28)38-31)34-33(43)23-5-11-27-29(19-23)37-32(35-27)22-3-9-26(10-4-22)44-18-17-42/h1-12,19-20,40-42H,13-18H2,(H,34,43)(H,35,37)(H,36,38). The van der Waals surface area contributed by atoms with Gasteiger partial charge in [0.25, 0.3) is 5.91 Å². The summed E-state index contributed by atoms with van der Waals surface area (Å²) in [6.07, 6.45) is 0. The lowest BCUT2D eigenvalue weighted by molar-refractivity contribution is 0.102. The van der Waals surface area contributed by atoms with Crippen molar-refractivity contribution < 1.29 is 24.9 Å². The number of anilines is 2. The van der Waals surface area contributed by atoms with Crippen LogP contribution in [0.3, 0.4) is 0 Å². The summed E-state index contributed by atoms with van der Waals surface area (Å²) in [4.78, 5) is 31.1. The van der Waals surface area contributed by atoms with E-state index in [1.807, 2.05) is 77.7 Å². The van der Waals surface area contributed by atoms with E-state index in [-0.39, 0.29) is 32.3 Å². The maximum atomic E-state index is 13.2. The first-order valence-electron chi connectivity index (χ1n) is 14.3. The van der Waals surface area contributed by atoms with Crippen LogP contribution in [0.1, 0.15) is 10.4 Å². The van der Waals surface area contributed by atoms with Crippen molar-refractivity contribution in [1.29, 1.82) is 0 Å². The third kappa shape index (κ3) is 6.25. The number of nitrogens with one attached hydrogen (secondary N) is 3. The lowest BCUT2D eigenvalue weighted by atomic mass is 10.2. The van der Waals surface area contributed by atoms with Crippen molar-refractivity contribution in [2.24, 2.45) is 0 Å². The van der Waals surface area contributed by atoms with Crippen molar-refractivity contribution in [2.45, 2.75) is 0 Å². The molecule has 0 spiro atoms. The Labute approximate surface area is 252 Å². The predicted octanol–water partition coefficient (Wildman–Crippen LogP) is 4.19. The summed E-state index contributed by atoms with van der Waals surface area (Å²) in [5, 5.41) is 30.5. The Morgan fingerprint density at radius 2 is 1.39 bits per heavy atom. The molecule has 0 saturated carbocycles. The summed E-state index contributed by atoms with van der Waals surface area (Å²) in [5.74, 6) is 1.78. The van der Waals surface area contributed by atoms with Gasteiger partial charge in [0.05, 0.1) is 41.9 Å². The quantitative estimate of drug-likeness (QED) is 0.123. The topological polar surface area (TPSA) is 160 Å². The first-order valence-corrected chi connectivity index (χ1v) is 14.3. The molecule has 0 unspecified atom stereocenters. The number of aliphatic hydroxyl groups is 3. The molecule has 6 N–H and O–H groups in total. The van der Waals surface area contributed by atoms with Crippen LogP contribution in [-0.4, -0.2) is 80.7 Å². The molecule has 2 heterocycles. The number of carbonyl (C=O) groups is 1. The van der Waals surface area contributed by atoms with Crippen molar-refractivity contribution >= 4 is 39.3 Å². The monoisotopic (exact) mass is 592 g/mol. The van der Waals surface area contributed by atoms with Crippen LogP contribution >= 0.6 is 0 Å². The Morgan fingerprint density at radius 1 is 0.727 bits per heavy atom. The van der Waals surface area contributed by atoms with Crippen LogP contribution in [0, 0.1) is 0 Å². The molecule has 11 heteroatoms. The molecule has 0 aliphatic heterocycles. The third-order valence-corrected chi connectivity index (χ3v) is 7.22. The molecule has 0 bridgehead atoms. The maximum absolute atomic E-state index is 13.2. The average Bonchev–Trinajstić information content (AvgIpc) is 3.68. The Hall–Kier alpha value is -5.23. The van der Waals surface area contributed by atoms with Gasteiger partial charge in [-0.3, -0.25) is 4.79 Å². The van der Waals surface area contributed by atoms with E-state index in [0.717, 1.165) is 33.4 Å². The van der Waals surface area contributed by atoms with Gasteiger partial charge in [0, 0.05) is 41.2 Å². The van der Waals surface area contributed by atoms with Crippen LogP contribution in [0.4, 0.5) is 11.4 Å². The zero-order chi connectivity index (χ0) is 30.5. The molecule has 0 aliphatic rings. The lowest BCUT2D eigenvalue weighted by Crippen LogP contribution is -2.29. The highest BCUT2D eigenvalue weighted by Crippen LogP contribution is 2.27. The van der Waals surface area contributed by atoms with E-state index in [4.69, 9.17) is 14.8 Å². The Morgan fingerprint density at radius 3 is 2.07 bits per heavy atom. The third-order valence-electron chi connectivity index (χ3n) is 7.22. The van der Waals surface area contributed by atoms with Crippen molar-refractivity contribution in [2.75, 3.05) is 49.7 Å². The Bertz CT molecular complexity index is 1880. The average molecular weight is 593 g/mol. The van der Waals surface area contributed by atoms with E-state index < -0.39 is 0 Å². The number of aromatic amines is 2. The number of fused-ring (bicyclic) bond motifs is 2. The molecule has 2 aromatic heterocycles. The first-order chi connectivity index (χ1) is 21.5. The molecule has 0 saturated heterocycles. The Balaban J connectivity index is 1.16. The van der Waals surface area contributed by atoms with Gasteiger partial charge in [-0.25, -0.2) is 9.97 Å². The molecular weight excluding hydrogens is 560 g/mol. The number of hydrogen-bond acceptors (Lipinski definition) is 8. The molecular formula is C33H32N6O5. The smallest absolute Gasteiger partial charge is 0.255 e. The van der Waals surface area contributed by atoms with Gasteiger partial charge in [-0.05, 0) is 84.9 Å². The van der Waals surface area contributed by atoms with E-state index >= 15 is 0 Å². The first kappa shape index (κ1) is 28.9. The fourth-order valence-corrected chi connectivity index (χ4v) is 5.03. The number of imidazole rings is 2. The number of benzene rings is 4. The summed E-state index contributed by atoms with van der Waals surface area (Å²) in [7, 11) is 0. The minimum absolute atomic E-state index is 0.00206. The van der Waals surface area contributed by atoms with Gasteiger partial charge in [-0.15, -0.1) is 0 Å². The summed E-state index contributed by atoms with van der Waals surface area (Å²) < 4.78 is 5.42. The minimum atomic E-state index is -0.255. The molecule has 0 aliphatic carbocycles. The van der Waals surface area contributed by atoms with E-state index in [1.54, 1.807) is 12.1 Å². The lowest BCUT2D eigenvalue weighted by Gasteiger charge is -2.22. The van der Waals surface area contributed by atoms with Crippen LogP contribution in [0.5, 0.6) is 5.75 Å². The van der Waals surface area contributed by atoms with Crippen LogP contribution in [-0.2, 0) is 0 Å². The summed E-state index contributed by atoms with van der Waals surface area (Å²) in [5.41, 5.74) is 6.80. The molecule has 1 amide bonds. The van der Waals surface area contributed by atoms with Crippen LogP contribution in [0.25, 0.3) is 44.8 Å². The van der Waals surface area contributed by atoms with Gasteiger partial charge in [0.15, 0.2) is 0 Å². The summed E-state index contributed by atoms with van der Waals surface area (Å²) in [6, 6.07) is 26.0. The number of aliphatic hydroxyl groups excluding tert-OH is 3. The molecule has 0 fully saturated rings. The number of aromatic nitrogens is 4. The van der Waals surface area contributed by atoms with E-state index in [0.29, 0.717) is 47.3 Å². The van der Waals surface area contributed by atoms with Crippen LogP contribution in [0.15, 0.2) is 84.9 Å². The molecule has 6 aromatic rings. The van der Waals surface area contributed by atoms with E-state index in [9.17, 15) is 15.0 Å². The SMILES string of the molecule is O=C(Nc1ccc2[nH]c(-c3ccc(N(CCO)CCO)cc3)nc2c1)c1ccc2nc(-c3ccc(OCCO)cc3)[nH]c2c1. The van der Waals surface area contributed by atoms with Crippen LogP contribution < -0.4 is 15.0 Å². The number of rotatable bonds is 12. The van der Waals surface area contributed by atoms with Crippen molar-refractivity contribution in [1.82, 2.24) is 19.9 Å². The van der Waals surface area contributed by atoms with Gasteiger partial charge in [0.1, 0.15) is 24.0 Å². The van der Waals surface area contributed by atoms with Gasteiger partial charge < -0.3 is 40.2 Å². The second-order valence-electron chi connectivity index (χ2n) is 10.2. The predicted molar refractivity (Wildman–Crippen MR) is 170 cm³/mol. The zero-order valence-corrected chi connectivity index (χ0v) is 23.8. The molecule has 0 atom stereocenters. The Kier molecular flexibility index (Phi) is 8.50. The largest absolute Gasteiger partial charge is 0.491 e. The molecule has 224 valence electrons. The summed E-state index contributed by atoms with van der Waals surface area (Å²) >= 11 is 0. The number of H-pyrrole nitrogens is 2. The second kappa shape index (κ2) is 13.0. The van der Waals surface area contributed by atoms with Crippen molar-refractivity contribution in [3.05, 3.63) is 90.5 Å². The number of ether oxygens (including phenoxy) is 1. The van der Waals surface area contributed by atoms with Gasteiger partial charge in [0.2, 0.25) is 0 Å². The zero-order valence-electron chi connectivity index (χ0n) is 23.8. The number of hydrogen-bond donors (Lipinski definition) is 6. The molecule has 4 aromatic carbocycles. The minimum Gasteiger partial charge on any atom is -0.491 e. The van der Waals surface area contributed by atoms with Crippen molar-refractivity contribution in [3.8, 4) is 28.5 Å². The van der Waals surface area contributed by atoms with E-state index in [1.165, 1.54) is 0 Å². The fourth-order valence-electron chi connectivity index (χ4n) is 5.03. The van der Waals surface area contributed by atoms with Gasteiger partial charge in [-0.2, -0.15) is 0 Å². The number of carbonyl (C=O) groups excluding carboxylic acids is 1.